The van der Waals surface area contributed by atoms with Crippen LogP contribution in [-0.2, 0) is 6.42 Å². The van der Waals surface area contributed by atoms with Crippen molar-refractivity contribution in [2.24, 2.45) is 11.5 Å². The van der Waals surface area contributed by atoms with Crippen LogP contribution in [0, 0.1) is 0 Å². The van der Waals surface area contributed by atoms with Crippen LogP contribution >= 0.6 is 12.4 Å². The summed E-state index contributed by atoms with van der Waals surface area (Å²) in [6.45, 7) is 0. The zero-order chi connectivity index (χ0) is 12.3. The van der Waals surface area contributed by atoms with E-state index in [4.69, 9.17) is 16.2 Å². The Bertz CT molecular complexity index is 496. The van der Waals surface area contributed by atoms with Crippen LogP contribution in [0.1, 0.15) is 18.4 Å². The Morgan fingerprint density at radius 1 is 1.33 bits per heavy atom. The summed E-state index contributed by atoms with van der Waals surface area (Å²) in [4.78, 5) is 3.26. The minimum Gasteiger partial charge on any atom is -0.497 e. The van der Waals surface area contributed by atoms with Crippen molar-refractivity contribution in [3.8, 4) is 5.75 Å². The number of aryl methyl sites for hydroxylation is 1. The van der Waals surface area contributed by atoms with E-state index < -0.39 is 0 Å². The molecule has 0 fully saturated rings. The molecule has 1 aromatic carbocycles. The summed E-state index contributed by atoms with van der Waals surface area (Å²) < 4.78 is 5.19. The number of fused-ring (bicyclic) bond motifs is 1. The van der Waals surface area contributed by atoms with Gasteiger partial charge in [-0.15, -0.1) is 12.4 Å². The number of hydrogen-bond donors (Lipinski definition) is 3. The number of benzene rings is 1. The van der Waals surface area contributed by atoms with Gasteiger partial charge in [0.05, 0.1) is 13.3 Å². The van der Waals surface area contributed by atoms with Crippen LogP contribution in [0.15, 0.2) is 24.4 Å². The number of nitrogens with two attached hydrogens (primary N) is 2. The van der Waals surface area contributed by atoms with Crippen molar-refractivity contribution in [1.29, 1.82) is 0 Å². The van der Waals surface area contributed by atoms with Crippen LogP contribution in [0.3, 0.4) is 0 Å². The van der Waals surface area contributed by atoms with Crippen molar-refractivity contribution in [2.75, 3.05) is 7.11 Å². The molecule has 0 aliphatic heterocycles. The first-order valence-electron chi connectivity index (χ1n) is 5.86. The highest BCUT2D eigenvalue weighted by molar-refractivity contribution is 5.85. The second-order valence-electron chi connectivity index (χ2n) is 4.28. The average Bonchev–Trinajstić information content (AvgIpc) is 2.71. The average molecular weight is 270 g/mol. The molecule has 1 heterocycles. The number of rotatable bonds is 5. The zero-order valence-electron chi connectivity index (χ0n) is 10.5. The van der Waals surface area contributed by atoms with Crippen molar-refractivity contribution in [3.63, 3.8) is 0 Å². The van der Waals surface area contributed by atoms with Gasteiger partial charge in [-0.1, -0.05) is 0 Å². The lowest BCUT2D eigenvalue weighted by atomic mass is 10.1. The first-order valence-corrected chi connectivity index (χ1v) is 5.86. The Labute approximate surface area is 113 Å². The smallest absolute Gasteiger partial charge is 0.120 e. The largest absolute Gasteiger partial charge is 0.497 e. The van der Waals surface area contributed by atoms with E-state index in [0.29, 0.717) is 0 Å². The van der Waals surface area contributed by atoms with Gasteiger partial charge in [0.2, 0.25) is 0 Å². The third-order valence-electron chi connectivity index (χ3n) is 2.96. The van der Waals surface area contributed by atoms with E-state index in [1.807, 2.05) is 18.3 Å². The van der Waals surface area contributed by atoms with Gasteiger partial charge in [0, 0.05) is 23.2 Å². The van der Waals surface area contributed by atoms with Crippen LogP contribution in [0.5, 0.6) is 5.75 Å². The normalized spacial score (nSPS) is 10.7. The van der Waals surface area contributed by atoms with Gasteiger partial charge in [-0.2, -0.15) is 0 Å². The fraction of sp³-hybridized carbons (Fsp3) is 0.385. The minimum atomic E-state index is -0.208. The summed E-state index contributed by atoms with van der Waals surface area (Å²) >= 11 is 0. The highest BCUT2D eigenvalue weighted by Gasteiger charge is 2.05. The van der Waals surface area contributed by atoms with E-state index in [-0.39, 0.29) is 18.6 Å². The van der Waals surface area contributed by atoms with E-state index in [0.717, 1.165) is 30.5 Å². The van der Waals surface area contributed by atoms with Gasteiger partial charge >= 0.3 is 0 Å². The Balaban J connectivity index is 0.00000162. The minimum absolute atomic E-state index is 0. The molecule has 0 aliphatic rings. The second kappa shape index (κ2) is 6.64. The monoisotopic (exact) mass is 269 g/mol. The number of halogens is 1. The molecule has 0 aliphatic carbocycles. The molecule has 0 bridgehead atoms. The predicted octanol–water partition coefficient (Wildman–Crippen LogP) is 2.16. The van der Waals surface area contributed by atoms with Crippen molar-refractivity contribution in [1.82, 2.24) is 4.98 Å². The molecule has 5 N–H and O–H groups in total. The van der Waals surface area contributed by atoms with Crippen LogP contribution in [0.4, 0.5) is 0 Å². The molecule has 0 atom stereocenters. The van der Waals surface area contributed by atoms with E-state index in [1.165, 1.54) is 10.9 Å². The molecule has 0 spiro atoms. The lowest BCUT2D eigenvalue weighted by molar-refractivity contribution is 0.415. The van der Waals surface area contributed by atoms with Crippen LogP contribution in [0.25, 0.3) is 10.9 Å². The first-order chi connectivity index (χ1) is 8.20. The van der Waals surface area contributed by atoms with Gasteiger partial charge in [-0.3, -0.25) is 0 Å². The van der Waals surface area contributed by atoms with E-state index >= 15 is 0 Å². The molecular formula is C13H20ClN3O. The maximum atomic E-state index is 5.54. The molecule has 2 aromatic rings. The number of ether oxygens (including phenoxy) is 1. The molecular weight excluding hydrogens is 250 g/mol. The first kappa shape index (κ1) is 14.8. The summed E-state index contributed by atoms with van der Waals surface area (Å²) in [6.07, 6.45) is 4.70. The van der Waals surface area contributed by atoms with Crippen LogP contribution in [-0.4, -0.2) is 18.3 Å². The molecule has 0 unspecified atom stereocenters. The van der Waals surface area contributed by atoms with Crippen molar-refractivity contribution < 1.29 is 4.74 Å². The Morgan fingerprint density at radius 2 is 2.11 bits per heavy atom. The predicted molar refractivity (Wildman–Crippen MR) is 77.2 cm³/mol. The van der Waals surface area contributed by atoms with Gasteiger partial charge in [-0.25, -0.2) is 0 Å². The summed E-state index contributed by atoms with van der Waals surface area (Å²) in [6, 6.07) is 6.07. The van der Waals surface area contributed by atoms with Gasteiger partial charge in [-0.05, 0) is 37.0 Å². The highest BCUT2D eigenvalue weighted by atomic mass is 35.5. The number of H-pyrrole nitrogens is 1. The quantitative estimate of drug-likeness (QED) is 0.728. The Kier molecular flexibility index (Phi) is 5.47. The molecule has 18 heavy (non-hydrogen) atoms. The summed E-state index contributed by atoms with van der Waals surface area (Å²) in [5.41, 5.74) is 13.5. The number of hydrogen-bond acceptors (Lipinski definition) is 3. The molecule has 100 valence electrons. The van der Waals surface area contributed by atoms with Gasteiger partial charge in [0.1, 0.15) is 5.75 Å². The fourth-order valence-corrected chi connectivity index (χ4v) is 2.03. The topological polar surface area (TPSA) is 77.1 Å². The van der Waals surface area contributed by atoms with Crippen LogP contribution in [0.2, 0.25) is 0 Å². The van der Waals surface area contributed by atoms with Gasteiger partial charge in [0.15, 0.2) is 0 Å². The molecule has 5 heteroatoms. The third-order valence-corrected chi connectivity index (χ3v) is 2.96. The van der Waals surface area contributed by atoms with Gasteiger partial charge in [0.25, 0.3) is 0 Å². The SMILES string of the molecule is COc1ccc2c(CCCC(N)N)c[nH]c2c1.Cl. The number of aromatic nitrogens is 1. The Morgan fingerprint density at radius 3 is 2.78 bits per heavy atom. The number of aromatic amines is 1. The summed E-state index contributed by atoms with van der Waals surface area (Å²) in [5.74, 6) is 0.870. The Hall–Kier alpha value is -1.23. The lowest BCUT2D eigenvalue weighted by Gasteiger charge is -2.04. The molecule has 0 amide bonds. The van der Waals surface area contributed by atoms with E-state index in [9.17, 15) is 0 Å². The molecule has 4 nitrogen and oxygen atoms in total. The molecule has 0 saturated heterocycles. The standard InChI is InChI=1S/C13H19N3O.ClH/c1-17-10-5-6-11-9(3-2-4-13(14)15)8-16-12(11)7-10;/h5-8,13,16H,2-4,14-15H2,1H3;1H. The maximum absolute atomic E-state index is 5.54. The number of nitrogens with one attached hydrogen (secondary N) is 1. The molecule has 1 aromatic heterocycles. The molecule has 2 rings (SSSR count). The van der Waals surface area contributed by atoms with E-state index in [2.05, 4.69) is 11.1 Å². The summed E-state index contributed by atoms with van der Waals surface area (Å²) in [5, 5.41) is 1.25. The van der Waals surface area contributed by atoms with Crippen LogP contribution < -0.4 is 16.2 Å². The fourth-order valence-electron chi connectivity index (χ4n) is 2.03. The second-order valence-corrected chi connectivity index (χ2v) is 4.28. The van der Waals surface area contributed by atoms with Crippen molar-refractivity contribution in [3.05, 3.63) is 30.0 Å². The number of methoxy groups -OCH3 is 1. The highest BCUT2D eigenvalue weighted by Crippen LogP contribution is 2.24. The van der Waals surface area contributed by atoms with E-state index in [1.54, 1.807) is 7.11 Å². The maximum Gasteiger partial charge on any atom is 0.120 e. The third kappa shape index (κ3) is 3.38. The molecule has 0 radical (unpaired) electrons. The zero-order valence-corrected chi connectivity index (χ0v) is 11.3. The summed E-state index contributed by atoms with van der Waals surface area (Å²) in [7, 11) is 1.67. The van der Waals surface area contributed by atoms with Crippen molar-refractivity contribution in [2.45, 2.75) is 25.4 Å². The lowest BCUT2D eigenvalue weighted by Crippen LogP contribution is -2.30. The van der Waals surface area contributed by atoms with Crippen molar-refractivity contribution >= 4 is 23.3 Å². The van der Waals surface area contributed by atoms with Gasteiger partial charge < -0.3 is 21.2 Å². The molecule has 0 saturated carbocycles.